The predicted molar refractivity (Wildman–Crippen MR) is 82.3 cm³/mol. The summed E-state index contributed by atoms with van der Waals surface area (Å²) in [6, 6.07) is 0. The third-order valence-electron chi connectivity index (χ3n) is 2.80. The smallest absolute Gasteiger partial charge is 0.420 e. The molecule has 0 N–H and O–H groups in total. The Bertz CT molecular complexity index is 1060. The predicted octanol–water partition coefficient (Wildman–Crippen LogP) is -0.643. The van der Waals surface area contributed by atoms with E-state index in [9.17, 15) is 61.5 Å². The molecule has 0 aromatic rings. The van der Waals surface area contributed by atoms with Crippen LogP contribution in [-0.4, -0.2) is 63.0 Å². The van der Waals surface area contributed by atoms with E-state index in [0.29, 0.717) is 6.26 Å². The summed E-state index contributed by atoms with van der Waals surface area (Å²) in [6.07, 6.45) is -0.292. The van der Waals surface area contributed by atoms with Gasteiger partial charge in [0.1, 0.15) is 0 Å². The van der Waals surface area contributed by atoms with Crippen LogP contribution in [0.3, 0.4) is 0 Å². The first-order valence-electron chi connectivity index (χ1n) is 6.13. The lowest BCUT2D eigenvalue weighted by atomic mass is 10.5. The van der Waals surface area contributed by atoms with E-state index in [1.54, 1.807) is 0 Å². The fraction of sp³-hybridized carbons (Fsp3) is 0.714. The maximum absolute atomic E-state index is 13.8. The normalized spacial score (nSPS) is 15.1. The summed E-state index contributed by atoms with van der Waals surface area (Å²) in [4.78, 5) is 0. The minimum atomic E-state index is -8.25. The highest BCUT2D eigenvalue weighted by Gasteiger charge is 2.91. The van der Waals surface area contributed by atoms with Crippen molar-refractivity contribution < 1.29 is 71.0 Å². The van der Waals surface area contributed by atoms with E-state index in [4.69, 9.17) is 0 Å². The standard InChI is InChI=1S/C7H9F5O12S5/c1-2-23-4-3-5-24-6(25(8,13)14,26(9,15)16)7(27(10,17)18,28(11,19)20)29(12,21)22/h2H,1,3-5H2. The second kappa shape index (κ2) is 8.20. The molecular weight excluding hydrogens is 531 g/mol. The van der Waals surface area contributed by atoms with Crippen LogP contribution in [0.5, 0.6) is 0 Å². The van der Waals surface area contributed by atoms with Crippen LogP contribution in [0.15, 0.2) is 12.8 Å². The van der Waals surface area contributed by atoms with Gasteiger partial charge in [-0.15, -0.1) is 19.4 Å². The summed E-state index contributed by atoms with van der Waals surface area (Å²) >= 11 is 0. The summed E-state index contributed by atoms with van der Waals surface area (Å²) in [6.45, 7) is 0.378. The van der Waals surface area contributed by atoms with Crippen LogP contribution < -0.4 is 0 Å². The van der Waals surface area contributed by atoms with Crippen molar-refractivity contribution >= 4 is 51.1 Å². The summed E-state index contributed by atoms with van der Waals surface area (Å²) in [5.41, 5.74) is 0. The lowest BCUT2D eigenvalue weighted by molar-refractivity contribution is 0.0545. The molecule has 0 aromatic carbocycles. The molecule has 0 aromatic heterocycles. The Hall–Kier alpha value is -1.10. The first kappa shape index (κ1) is 27.9. The van der Waals surface area contributed by atoms with Crippen molar-refractivity contribution in [3.05, 3.63) is 12.8 Å². The van der Waals surface area contributed by atoms with Gasteiger partial charge in [0.25, 0.3) is 0 Å². The number of halogens is 5. The van der Waals surface area contributed by atoms with E-state index in [1.165, 1.54) is 0 Å². The first-order chi connectivity index (χ1) is 12.6. The molecule has 0 fully saturated rings. The van der Waals surface area contributed by atoms with E-state index in [1.807, 2.05) is 0 Å². The van der Waals surface area contributed by atoms with Crippen LogP contribution in [0.2, 0.25) is 0 Å². The van der Waals surface area contributed by atoms with Crippen molar-refractivity contribution in [3.8, 4) is 0 Å². The van der Waals surface area contributed by atoms with Crippen molar-refractivity contribution in [2.24, 2.45) is 0 Å². The van der Waals surface area contributed by atoms with Gasteiger partial charge in [0.2, 0.25) is 0 Å². The summed E-state index contributed by atoms with van der Waals surface area (Å²) in [5, 5.41) is 0. The third-order valence-corrected chi connectivity index (χ3v) is 13.3. The minimum absolute atomic E-state index is 0.666. The molecule has 0 heterocycles. The molecule has 0 unspecified atom stereocenters. The van der Waals surface area contributed by atoms with Gasteiger partial charge in [-0.1, -0.05) is 6.58 Å². The zero-order valence-corrected chi connectivity index (χ0v) is 17.3. The summed E-state index contributed by atoms with van der Waals surface area (Å²) < 4.78 is 174. The van der Waals surface area contributed by atoms with E-state index < -0.39 is 78.4 Å². The van der Waals surface area contributed by atoms with Gasteiger partial charge >= 0.3 is 58.8 Å². The Labute approximate surface area is 162 Å². The summed E-state index contributed by atoms with van der Waals surface area (Å²) in [5.74, 6) is 0. The van der Waals surface area contributed by atoms with Crippen LogP contribution in [0.1, 0.15) is 6.42 Å². The topological polar surface area (TPSA) is 189 Å². The first-order valence-corrected chi connectivity index (χ1v) is 13.1. The van der Waals surface area contributed by atoms with Crippen LogP contribution in [0.25, 0.3) is 0 Å². The Morgan fingerprint density at radius 2 is 1.00 bits per heavy atom. The highest BCUT2D eigenvalue weighted by atomic mass is 32.4. The molecule has 22 heteroatoms. The monoisotopic (exact) mass is 540 g/mol. The zero-order valence-electron chi connectivity index (χ0n) is 13.2. The Kier molecular flexibility index (Phi) is 7.89. The third kappa shape index (κ3) is 4.50. The molecular formula is C7H9F5O12S5. The van der Waals surface area contributed by atoms with Gasteiger partial charge in [-0.2, -0.15) is 42.1 Å². The molecule has 0 saturated heterocycles. The Morgan fingerprint density at radius 3 is 1.24 bits per heavy atom. The SMILES string of the molecule is C=COCCCOC(C(S(=O)(=O)F)(S(=O)(=O)F)S(=O)(=O)F)(S(=O)(=O)F)S(=O)(=O)F. The highest BCUT2D eigenvalue weighted by molar-refractivity contribution is 8.24. The molecule has 29 heavy (non-hydrogen) atoms. The van der Waals surface area contributed by atoms with Crippen LogP contribution >= 0.6 is 0 Å². The lowest BCUT2D eigenvalue weighted by Gasteiger charge is -2.34. The second-order valence-corrected chi connectivity index (χ2v) is 12.9. The van der Waals surface area contributed by atoms with E-state index in [-0.39, 0.29) is 0 Å². The fourth-order valence-corrected chi connectivity index (χ4v) is 11.4. The molecule has 0 amide bonds. The highest BCUT2D eigenvalue weighted by Crippen LogP contribution is 2.53. The molecule has 0 bridgehead atoms. The molecule has 0 rings (SSSR count). The molecule has 0 radical (unpaired) electrons. The average Bonchev–Trinajstić information content (AvgIpc) is 2.38. The maximum atomic E-state index is 13.8. The number of ether oxygens (including phenoxy) is 2. The van der Waals surface area contributed by atoms with Crippen LogP contribution in [-0.2, 0) is 60.6 Å². The van der Waals surface area contributed by atoms with E-state index in [2.05, 4.69) is 16.1 Å². The molecule has 0 aliphatic carbocycles. The van der Waals surface area contributed by atoms with Crippen LogP contribution in [0.4, 0.5) is 19.4 Å². The van der Waals surface area contributed by atoms with E-state index >= 15 is 0 Å². The van der Waals surface area contributed by atoms with Gasteiger partial charge in [0.05, 0.1) is 19.5 Å². The van der Waals surface area contributed by atoms with Crippen molar-refractivity contribution in [3.63, 3.8) is 0 Å². The number of rotatable bonds is 12. The molecule has 174 valence electrons. The Balaban J connectivity index is 7.83. The van der Waals surface area contributed by atoms with Gasteiger partial charge < -0.3 is 9.47 Å². The number of hydrogen-bond acceptors (Lipinski definition) is 12. The molecule has 0 saturated carbocycles. The Morgan fingerprint density at radius 1 is 0.655 bits per heavy atom. The van der Waals surface area contributed by atoms with Crippen molar-refractivity contribution in [1.29, 1.82) is 0 Å². The van der Waals surface area contributed by atoms with E-state index in [0.717, 1.165) is 0 Å². The largest absolute Gasteiger partial charge is 0.502 e. The van der Waals surface area contributed by atoms with Gasteiger partial charge in [-0.25, -0.2) is 0 Å². The average molecular weight is 540 g/mol. The fourth-order valence-electron chi connectivity index (χ4n) is 1.88. The van der Waals surface area contributed by atoms with Gasteiger partial charge in [-0.3, -0.25) is 0 Å². The van der Waals surface area contributed by atoms with Crippen LogP contribution in [0, 0.1) is 0 Å². The van der Waals surface area contributed by atoms with Crippen molar-refractivity contribution in [1.82, 2.24) is 0 Å². The summed E-state index contributed by atoms with van der Waals surface area (Å²) in [7, 11) is -40.7. The maximum Gasteiger partial charge on any atom is 0.420 e. The molecule has 12 nitrogen and oxygen atoms in total. The number of hydrogen-bond donors (Lipinski definition) is 0. The molecule has 0 aliphatic heterocycles. The van der Waals surface area contributed by atoms with Gasteiger partial charge in [-0.05, 0) is 0 Å². The zero-order chi connectivity index (χ0) is 23.7. The minimum Gasteiger partial charge on any atom is -0.502 e. The molecule has 0 spiro atoms. The van der Waals surface area contributed by atoms with Crippen molar-refractivity contribution in [2.45, 2.75) is 14.1 Å². The molecule has 0 aliphatic rings. The lowest BCUT2D eigenvalue weighted by Crippen LogP contribution is -2.71. The van der Waals surface area contributed by atoms with Gasteiger partial charge in [0, 0.05) is 6.42 Å². The second-order valence-electron chi connectivity index (χ2n) is 4.54. The van der Waals surface area contributed by atoms with Gasteiger partial charge in [0.15, 0.2) is 0 Å². The molecule has 0 atom stereocenters. The quantitative estimate of drug-likeness (QED) is 0.132. The van der Waals surface area contributed by atoms with Crippen molar-refractivity contribution in [2.75, 3.05) is 13.2 Å².